The third-order valence-electron chi connectivity index (χ3n) is 3.90. The van der Waals surface area contributed by atoms with Gasteiger partial charge in [-0.3, -0.25) is 0 Å². The highest BCUT2D eigenvalue weighted by Gasteiger charge is 2.20. The fraction of sp³-hybridized carbons (Fsp3) is 0.368. The van der Waals surface area contributed by atoms with Crippen molar-refractivity contribution in [3.63, 3.8) is 0 Å². The molecule has 0 aliphatic heterocycles. The van der Waals surface area contributed by atoms with Crippen LogP contribution in [0, 0.1) is 5.82 Å². The number of nitrogens with one attached hydrogen (secondary N) is 1. The highest BCUT2D eigenvalue weighted by molar-refractivity contribution is 5.24. The molecule has 1 N–H and O–H groups in total. The molecule has 2 aromatic rings. The van der Waals surface area contributed by atoms with Gasteiger partial charge in [0.2, 0.25) is 0 Å². The lowest BCUT2D eigenvalue weighted by Gasteiger charge is -2.28. The minimum Gasteiger partial charge on any atom is -0.313 e. The Bertz CT molecular complexity index is 546. The molecule has 1 nitrogen and oxygen atoms in total. The van der Waals surface area contributed by atoms with Gasteiger partial charge >= 0.3 is 0 Å². The van der Waals surface area contributed by atoms with Crippen LogP contribution < -0.4 is 5.32 Å². The fourth-order valence-electron chi connectivity index (χ4n) is 2.47. The molecule has 0 saturated heterocycles. The van der Waals surface area contributed by atoms with E-state index in [4.69, 9.17) is 0 Å². The summed E-state index contributed by atoms with van der Waals surface area (Å²) < 4.78 is 12.9. The lowest BCUT2D eigenvalue weighted by molar-refractivity contribution is 0.428. The highest BCUT2D eigenvalue weighted by atomic mass is 19.1. The van der Waals surface area contributed by atoms with Crippen molar-refractivity contribution < 1.29 is 4.39 Å². The van der Waals surface area contributed by atoms with Crippen LogP contribution in [0.15, 0.2) is 54.6 Å². The second kappa shape index (κ2) is 6.86. The van der Waals surface area contributed by atoms with Crippen LogP contribution in [0.25, 0.3) is 0 Å². The third-order valence-corrected chi connectivity index (χ3v) is 3.90. The van der Waals surface area contributed by atoms with Crippen LogP contribution in [-0.2, 0) is 11.8 Å². The van der Waals surface area contributed by atoms with Crippen molar-refractivity contribution in [2.45, 2.75) is 38.6 Å². The molecule has 0 aliphatic carbocycles. The van der Waals surface area contributed by atoms with Crippen LogP contribution in [0.1, 0.15) is 31.9 Å². The normalized spacial score (nSPS) is 13.1. The van der Waals surface area contributed by atoms with Gasteiger partial charge in [-0.15, -0.1) is 0 Å². The number of benzene rings is 2. The zero-order valence-corrected chi connectivity index (χ0v) is 13.1. The van der Waals surface area contributed by atoms with Crippen molar-refractivity contribution in [1.82, 2.24) is 5.32 Å². The van der Waals surface area contributed by atoms with Crippen molar-refractivity contribution in [2.24, 2.45) is 0 Å². The van der Waals surface area contributed by atoms with Gasteiger partial charge in [0.15, 0.2) is 0 Å². The van der Waals surface area contributed by atoms with Crippen LogP contribution in [0.2, 0.25) is 0 Å². The van der Waals surface area contributed by atoms with Gasteiger partial charge in [-0.25, -0.2) is 4.39 Å². The number of halogens is 1. The lowest BCUT2D eigenvalue weighted by atomic mass is 9.84. The van der Waals surface area contributed by atoms with E-state index in [0.29, 0.717) is 6.04 Å². The molecule has 0 spiro atoms. The molecule has 0 amide bonds. The van der Waals surface area contributed by atoms with E-state index in [1.54, 1.807) is 0 Å². The molecule has 0 bridgehead atoms. The molecular weight excluding hydrogens is 261 g/mol. The summed E-state index contributed by atoms with van der Waals surface area (Å²) in [6.45, 7) is 7.59. The summed E-state index contributed by atoms with van der Waals surface area (Å²) in [5.41, 5.74) is 2.60. The van der Waals surface area contributed by atoms with Gasteiger partial charge in [-0.05, 0) is 36.6 Å². The van der Waals surface area contributed by atoms with Gasteiger partial charge in [-0.2, -0.15) is 0 Å². The molecule has 2 aromatic carbocycles. The van der Waals surface area contributed by atoms with E-state index in [-0.39, 0.29) is 11.2 Å². The van der Waals surface area contributed by atoms with Crippen molar-refractivity contribution in [3.05, 3.63) is 71.5 Å². The van der Waals surface area contributed by atoms with E-state index >= 15 is 0 Å². The van der Waals surface area contributed by atoms with Crippen LogP contribution in [0.3, 0.4) is 0 Å². The second-order valence-corrected chi connectivity index (χ2v) is 6.36. The van der Waals surface area contributed by atoms with Crippen molar-refractivity contribution in [1.29, 1.82) is 0 Å². The highest BCUT2D eigenvalue weighted by Crippen LogP contribution is 2.22. The number of rotatable bonds is 6. The maximum atomic E-state index is 12.9. The molecule has 2 heteroatoms. The Labute approximate surface area is 127 Å². The fourth-order valence-corrected chi connectivity index (χ4v) is 2.47. The van der Waals surface area contributed by atoms with E-state index in [9.17, 15) is 4.39 Å². The molecule has 21 heavy (non-hydrogen) atoms. The zero-order valence-electron chi connectivity index (χ0n) is 13.1. The number of hydrogen-bond donors (Lipinski definition) is 1. The first kappa shape index (κ1) is 15.7. The summed E-state index contributed by atoms with van der Waals surface area (Å²) in [5.74, 6) is -0.176. The van der Waals surface area contributed by atoms with E-state index < -0.39 is 0 Å². The van der Waals surface area contributed by atoms with Gasteiger partial charge in [0.1, 0.15) is 5.82 Å². The Kier molecular flexibility index (Phi) is 5.13. The van der Waals surface area contributed by atoms with Gasteiger partial charge in [-0.1, -0.05) is 56.3 Å². The molecule has 112 valence electrons. The Balaban J connectivity index is 1.88. The van der Waals surface area contributed by atoms with Gasteiger partial charge < -0.3 is 5.32 Å². The van der Waals surface area contributed by atoms with Crippen LogP contribution in [0.5, 0.6) is 0 Å². The molecule has 1 atom stereocenters. The summed E-state index contributed by atoms with van der Waals surface area (Å²) in [6, 6.07) is 17.7. The molecule has 0 aromatic heterocycles. The smallest absolute Gasteiger partial charge is 0.123 e. The average Bonchev–Trinajstić information content (AvgIpc) is 2.49. The van der Waals surface area contributed by atoms with E-state index in [1.165, 1.54) is 17.7 Å². The molecule has 0 fully saturated rings. The maximum Gasteiger partial charge on any atom is 0.123 e. The second-order valence-electron chi connectivity index (χ2n) is 6.36. The predicted octanol–water partition coefficient (Wildman–Crippen LogP) is 4.32. The Morgan fingerprint density at radius 3 is 2.24 bits per heavy atom. The van der Waals surface area contributed by atoms with Gasteiger partial charge in [0.05, 0.1) is 0 Å². The third kappa shape index (κ3) is 4.68. The van der Waals surface area contributed by atoms with Crippen LogP contribution in [-0.4, -0.2) is 12.6 Å². The summed E-state index contributed by atoms with van der Waals surface area (Å²) in [7, 11) is 0. The lowest BCUT2D eigenvalue weighted by Crippen LogP contribution is -2.38. The number of hydrogen-bond acceptors (Lipinski definition) is 1. The molecule has 0 aliphatic rings. The Morgan fingerprint density at radius 1 is 1.00 bits per heavy atom. The van der Waals surface area contributed by atoms with E-state index in [0.717, 1.165) is 18.5 Å². The average molecular weight is 285 g/mol. The van der Waals surface area contributed by atoms with Gasteiger partial charge in [0.25, 0.3) is 0 Å². The van der Waals surface area contributed by atoms with Gasteiger partial charge in [0, 0.05) is 18.0 Å². The first-order valence-electron chi connectivity index (χ1n) is 7.51. The zero-order chi connectivity index (χ0) is 15.3. The van der Waals surface area contributed by atoms with Crippen molar-refractivity contribution >= 4 is 0 Å². The standard InChI is InChI=1S/C19H24FN/c1-15(13-16-9-11-18(20)12-10-16)21-14-19(2,3)17-7-5-4-6-8-17/h4-12,15,21H,13-14H2,1-3H3. The summed E-state index contributed by atoms with van der Waals surface area (Å²) in [5, 5.41) is 3.59. The van der Waals surface area contributed by atoms with Crippen LogP contribution >= 0.6 is 0 Å². The first-order chi connectivity index (χ1) is 9.97. The molecule has 2 rings (SSSR count). The minimum absolute atomic E-state index is 0.0956. The summed E-state index contributed by atoms with van der Waals surface area (Å²) >= 11 is 0. The van der Waals surface area contributed by atoms with E-state index in [2.05, 4.69) is 50.4 Å². The maximum absolute atomic E-state index is 12.9. The molecular formula is C19H24FN. The van der Waals surface area contributed by atoms with E-state index in [1.807, 2.05) is 18.2 Å². The van der Waals surface area contributed by atoms with Crippen LogP contribution in [0.4, 0.5) is 4.39 Å². The van der Waals surface area contributed by atoms with Crippen molar-refractivity contribution in [2.75, 3.05) is 6.54 Å². The SMILES string of the molecule is CC(Cc1ccc(F)cc1)NCC(C)(C)c1ccccc1. The molecule has 0 saturated carbocycles. The predicted molar refractivity (Wildman–Crippen MR) is 87.0 cm³/mol. The first-order valence-corrected chi connectivity index (χ1v) is 7.51. The Morgan fingerprint density at radius 2 is 1.62 bits per heavy atom. The minimum atomic E-state index is -0.176. The topological polar surface area (TPSA) is 12.0 Å². The summed E-state index contributed by atoms with van der Waals surface area (Å²) in [4.78, 5) is 0. The molecule has 0 radical (unpaired) electrons. The monoisotopic (exact) mass is 285 g/mol. The molecule has 1 unspecified atom stereocenters. The molecule has 0 heterocycles. The Hall–Kier alpha value is -1.67. The largest absolute Gasteiger partial charge is 0.313 e. The quantitative estimate of drug-likeness (QED) is 0.833. The summed E-state index contributed by atoms with van der Waals surface area (Å²) in [6.07, 6.45) is 0.908. The van der Waals surface area contributed by atoms with Crippen molar-refractivity contribution in [3.8, 4) is 0 Å².